The lowest BCUT2D eigenvalue weighted by atomic mass is 10.2. The van der Waals surface area contributed by atoms with Crippen LogP contribution < -0.4 is 5.32 Å². The number of aliphatic hydroxyl groups is 1. The summed E-state index contributed by atoms with van der Waals surface area (Å²) < 4.78 is 0. The van der Waals surface area contributed by atoms with Crippen molar-refractivity contribution in [2.24, 2.45) is 0 Å². The lowest BCUT2D eigenvalue weighted by molar-refractivity contribution is 0.311. The van der Waals surface area contributed by atoms with Gasteiger partial charge in [0.25, 0.3) is 0 Å². The summed E-state index contributed by atoms with van der Waals surface area (Å²) in [5.74, 6) is 3.20. The van der Waals surface area contributed by atoms with Gasteiger partial charge in [-0.2, -0.15) is 0 Å². The average Bonchev–Trinajstić information content (AvgIpc) is 2.24. The standard InChI is InChI=1S/C13H19NOSi/c1-16(2,3)11-8-12-4-6-13(7-5-12)14-9-10-15/h4-7,14-15H,9-10H2,1-3H3. The number of rotatable bonds is 3. The zero-order valence-electron chi connectivity index (χ0n) is 10.2. The number of anilines is 1. The van der Waals surface area contributed by atoms with E-state index in [0.29, 0.717) is 6.54 Å². The summed E-state index contributed by atoms with van der Waals surface area (Å²) in [4.78, 5) is 0. The Hall–Kier alpha value is -1.24. The molecule has 0 atom stereocenters. The Morgan fingerprint density at radius 3 is 2.31 bits per heavy atom. The molecule has 1 aromatic carbocycles. The molecule has 0 unspecified atom stereocenters. The van der Waals surface area contributed by atoms with Gasteiger partial charge in [-0.1, -0.05) is 25.6 Å². The molecule has 0 saturated carbocycles. The molecule has 0 amide bonds. The van der Waals surface area contributed by atoms with Crippen LogP contribution in [0.4, 0.5) is 5.69 Å². The van der Waals surface area contributed by atoms with Gasteiger partial charge >= 0.3 is 0 Å². The van der Waals surface area contributed by atoms with Crippen LogP contribution in [0, 0.1) is 11.5 Å². The summed E-state index contributed by atoms with van der Waals surface area (Å²) in [6.45, 7) is 7.43. The maximum Gasteiger partial charge on any atom is 0.129 e. The van der Waals surface area contributed by atoms with Crippen LogP contribution in [0.3, 0.4) is 0 Å². The van der Waals surface area contributed by atoms with Crippen molar-refractivity contribution in [3.05, 3.63) is 29.8 Å². The maximum atomic E-state index is 8.68. The predicted octanol–water partition coefficient (Wildman–Crippen LogP) is 2.32. The van der Waals surface area contributed by atoms with E-state index in [1.165, 1.54) is 0 Å². The molecule has 0 bridgehead atoms. The van der Waals surface area contributed by atoms with E-state index >= 15 is 0 Å². The van der Waals surface area contributed by atoms with Crippen LogP contribution in [0.1, 0.15) is 5.56 Å². The van der Waals surface area contributed by atoms with Crippen LogP contribution in [0.25, 0.3) is 0 Å². The van der Waals surface area contributed by atoms with Gasteiger partial charge in [-0.15, -0.1) is 5.54 Å². The highest BCUT2D eigenvalue weighted by molar-refractivity contribution is 6.83. The van der Waals surface area contributed by atoms with Crippen molar-refractivity contribution in [2.45, 2.75) is 19.6 Å². The number of nitrogens with one attached hydrogen (secondary N) is 1. The van der Waals surface area contributed by atoms with E-state index in [4.69, 9.17) is 5.11 Å². The van der Waals surface area contributed by atoms with Crippen LogP contribution in [-0.4, -0.2) is 26.3 Å². The number of benzene rings is 1. The van der Waals surface area contributed by atoms with Crippen LogP contribution in [0.15, 0.2) is 24.3 Å². The van der Waals surface area contributed by atoms with Crippen LogP contribution in [0.2, 0.25) is 19.6 Å². The molecule has 0 saturated heterocycles. The Morgan fingerprint density at radius 2 is 1.81 bits per heavy atom. The second-order valence-electron chi connectivity index (χ2n) is 4.73. The molecule has 2 N–H and O–H groups in total. The molecule has 0 fully saturated rings. The molecule has 0 aromatic heterocycles. The van der Waals surface area contributed by atoms with E-state index < -0.39 is 8.07 Å². The second-order valence-corrected chi connectivity index (χ2v) is 9.48. The fourth-order valence-electron chi connectivity index (χ4n) is 1.13. The van der Waals surface area contributed by atoms with E-state index in [1.54, 1.807) is 0 Å². The third-order valence-electron chi connectivity index (χ3n) is 1.91. The normalized spacial score (nSPS) is 10.5. The van der Waals surface area contributed by atoms with E-state index in [0.717, 1.165) is 11.3 Å². The van der Waals surface area contributed by atoms with Gasteiger partial charge in [-0.05, 0) is 24.3 Å². The van der Waals surface area contributed by atoms with E-state index in [-0.39, 0.29) is 6.61 Å². The number of hydrogen-bond acceptors (Lipinski definition) is 2. The van der Waals surface area contributed by atoms with Crippen molar-refractivity contribution in [1.29, 1.82) is 0 Å². The van der Waals surface area contributed by atoms with Gasteiger partial charge in [0, 0.05) is 17.8 Å². The zero-order valence-corrected chi connectivity index (χ0v) is 11.2. The molecule has 0 aliphatic heterocycles. The minimum atomic E-state index is -1.28. The lowest BCUT2D eigenvalue weighted by Crippen LogP contribution is -2.16. The van der Waals surface area contributed by atoms with Gasteiger partial charge in [0.15, 0.2) is 0 Å². The summed E-state index contributed by atoms with van der Waals surface area (Å²) >= 11 is 0. The highest BCUT2D eigenvalue weighted by Gasteiger charge is 2.07. The SMILES string of the molecule is C[Si](C)(C)C#Cc1ccc(NCCO)cc1. The molecular formula is C13H19NOSi. The second kappa shape index (κ2) is 5.74. The maximum absolute atomic E-state index is 8.68. The van der Waals surface area contributed by atoms with Crippen molar-refractivity contribution in [3.8, 4) is 11.5 Å². The minimum absolute atomic E-state index is 0.150. The molecular weight excluding hydrogens is 214 g/mol. The third kappa shape index (κ3) is 5.01. The number of hydrogen-bond donors (Lipinski definition) is 2. The van der Waals surface area contributed by atoms with Gasteiger partial charge < -0.3 is 10.4 Å². The van der Waals surface area contributed by atoms with Crippen molar-refractivity contribution in [3.63, 3.8) is 0 Å². The molecule has 1 rings (SSSR count). The van der Waals surface area contributed by atoms with Crippen molar-refractivity contribution in [1.82, 2.24) is 0 Å². The summed E-state index contributed by atoms with van der Waals surface area (Å²) in [7, 11) is -1.28. The molecule has 3 heteroatoms. The van der Waals surface area contributed by atoms with Crippen LogP contribution >= 0.6 is 0 Å². The topological polar surface area (TPSA) is 32.3 Å². The molecule has 0 aliphatic rings. The smallest absolute Gasteiger partial charge is 0.129 e. The molecule has 0 radical (unpaired) electrons. The first-order valence-electron chi connectivity index (χ1n) is 5.49. The van der Waals surface area contributed by atoms with E-state index in [1.807, 2.05) is 24.3 Å². The fraction of sp³-hybridized carbons (Fsp3) is 0.385. The van der Waals surface area contributed by atoms with Crippen LogP contribution in [-0.2, 0) is 0 Å². The Bertz CT molecular complexity index is 381. The average molecular weight is 233 g/mol. The minimum Gasteiger partial charge on any atom is -0.395 e. The molecule has 16 heavy (non-hydrogen) atoms. The fourth-order valence-corrected chi connectivity index (χ4v) is 1.65. The zero-order chi connectivity index (χ0) is 12.0. The van der Waals surface area contributed by atoms with Gasteiger partial charge in [0.1, 0.15) is 8.07 Å². The quantitative estimate of drug-likeness (QED) is 0.620. The monoisotopic (exact) mass is 233 g/mol. The summed E-state index contributed by atoms with van der Waals surface area (Å²) in [5, 5.41) is 11.8. The van der Waals surface area contributed by atoms with Gasteiger partial charge in [0.05, 0.1) is 6.61 Å². The Kier molecular flexibility index (Phi) is 4.60. The molecule has 86 valence electrons. The van der Waals surface area contributed by atoms with Gasteiger partial charge in [0.2, 0.25) is 0 Å². The highest BCUT2D eigenvalue weighted by Crippen LogP contribution is 2.08. The summed E-state index contributed by atoms with van der Waals surface area (Å²) in [6, 6.07) is 7.99. The third-order valence-corrected chi connectivity index (χ3v) is 2.78. The Morgan fingerprint density at radius 1 is 1.19 bits per heavy atom. The molecule has 0 aliphatic carbocycles. The van der Waals surface area contributed by atoms with E-state index in [9.17, 15) is 0 Å². The van der Waals surface area contributed by atoms with Gasteiger partial charge in [-0.25, -0.2) is 0 Å². The summed E-state index contributed by atoms with van der Waals surface area (Å²) in [6.07, 6.45) is 0. The predicted molar refractivity (Wildman–Crippen MR) is 72.2 cm³/mol. The van der Waals surface area contributed by atoms with Crippen molar-refractivity contribution < 1.29 is 5.11 Å². The summed E-state index contributed by atoms with van der Waals surface area (Å²) in [5.41, 5.74) is 5.40. The molecule has 0 heterocycles. The first-order valence-corrected chi connectivity index (χ1v) is 8.99. The van der Waals surface area contributed by atoms with Gasteiger partial charge in [-0.3, -0.25) is 0 Å². The largest absolute Gasteiger partial charge is 0.395 e. The van der Waals surface area contributed by atoms with E-state index in [2.05, 4.69) is 36.4 Å². The highest BCUT2D eigenvalue weighted by atomic mass is 28.3. The Balaban J connectivity index is 2.67. The van der Waals surface area contributed by atoms with Crippen molar-refractivity contribution in [2.75, 3.05) is 18.5 Å². The first-order chi connectivity index (χ1) is 7.51. The molecule has 2 nitrogen and oxygen atoms in total. The van der Waals surface area contributed by atoms with Crippen molar-refractivity contribution >= 4 is 13.8 Å². The first kappa shape index (κ1) is 12.8. The van der Waals surface area contributed by atoms with Crippen LogP contribution in [0.5, 0.6) is 0 Å². The molecule has 1 aromatic rings. The Labute approximate surface area is 98.7 Å². The molecule has 0 spiro atoms. The lowest BCUT2D eigenvalue weighted by Gasteiger charge is -2.05. The number of aliphatic hydroxyl groups excluding tert-OH is 1.